The minimum Gasteiger partial charge on any atom is -0.338 e. The number of hydrogen-bond donors (Lipinski definition) is 2. The quantitative estimate of drug-likeness (QED) is 0.728. The van der Waals surface area contributed by atoms with Crippen molar-refractivity contribution >= 4 is 11.9 Å². The van der Waals surface area contributed by atoms with E-state index < -0.39 is 6.03 Å². The molecule has 17 heavy (non-hydrogen) atoms. The van der Waals surface area contributed by atoms with Crippen LogP contribution in [-0.4, -0.2) is 43.0 Å². The minimum absolute atomic E-state index is 0.242. The molecule has 0 saturated heterocycles. The number of nitrogens with zero attached hydrogens (tertiary/aromatic N) is 1. The zero-order valence-electron chi connectivity index (χ0n) is 11.0. The third kappa shape index (κ3) is 5.17. The Kier molecular flexibility index (Phi) is 5.41. The van der Waals surface area contributed by atoms with Crippen LogP contribution in [0, 0.1) is 5.92 Å². The topological polar surface area (TPSA) is 61.4 Å². The maximum Gasteiger partial charge on any atom is 0.321 e. The molecule has 0 aromatic carbocycles. The minimum atomic E-state index is -0.399. The van der Waals surface area contributed by atoms with Crippen molar-refractivity contribution in [3.63, 3.8) is 0 Å². The van der Waals surface area contributed by atoms with Crippen LogP contribution >= 0.6 is 0 Å². The van der Waals surface area contributed by atoms with E-state index in [0.717, 1.165) is 12.3 Å². The van der Waals surface area contributed by atoms with E-state index in [4.69, 9.17) is 0 Å². The number of hydrogen-bond acceptors (Lipinski definition) is 3. The summed E-state index contributed by atoms with van der Waals surface area (Å²) in [7, 11) is 1.92. The largest absolute Gasteiger partial charge is 0.338 e. The molecule has 2 N–H and O–H groups in total. The first kappa shape index (κ1) is 14.0. The summed E-state index contributed by atoms with van der Waals surface area (Å²) in [6.07, 6.45) is 3.37. The lowest BCUT2D eigenvalue weighted by Crippen LogP contribution is -2.45. The molecular formula is C12H23N3O2. The Balaban J connectivity index is 2.21. The molecule has 0 radical (unpaired) electrons. The van der Waals surface area contributed by atoms with E-state index in [1.807, 2.05) is 18.9 Å². The maximum absolute atomic E-state index is 11.6. The molecule has 1 aliphatic rings. The fourth-order valence-electron chi connectivity index (χ4n) is 1.76. The van der Waals surface area contributed by atoms with Gasteiger partial charge in [-0.05, 0) is 39.2 Å². The van der Waals surface area contributed by atoms with Crippen molar-refractivity contribution in [3.8, 4) is 0 Å². The predicted octanol–water partition coefficient (Wildman–Crippen LogP) is 0.952. The highest BCUT2D eigenvalue weighted by molar-refractivity contribution is 5.95. The van der Waals surface area contributed by atoms with E-state index in [1.54, 1.807) is 0 Å². The van der Waals surface area contributed by atoms with Gasteiger partial charge in [-0.15, -0.1) is 0 Å². The first-order valence-electron chi connectivity index (χ1n) is 6.32. The molecule has 0 spiro atoms. The molecule has 0 aliphatic heterocycles. The highest BCUT2D eigenvalue weighted by atomic mass is 16.2. The van der Waals surface area contributed by atoms with Gasteiger partial charge in [0.05, 0.1) is 6.54 Å². The Bertz CT molecular complexity index is 277. The van der Waals surface area contributed by atoms with Crippen LogP contribution in [0.4, 0.5) is 4.79 Å². The van der Waals surface area contributed by atoms with Crippen molar-refractivity contribution in [2.24, 2.45) is 5.92 Å². The van der Waals surface area contributed by atoms with Gasteiger partial charge in [-0.2, -0.15) is 0 Å². The van der Waals surface area contributed by atoms with Gasteiger partial charge in [0, 0.05) is 12.6 Å². The van der Waals surface area contributed by atoms with Crippen molar-refractivity contribution in [1.29, 1.82) is 0 Å². The molecule has 0 heterocycles. The fraction of sp³-hybridized carbons (Fsp3) is 0.833. The van der Waals surface area contributed by atoms with Crippen LogP contribution in [0.25, 0.3) is 0 Å². The van der Waals surface area contributed by atoms with E-state index in [0.29, 0.717) is 12.6 Å². The van der Waals surface area contributed by atoms with Gasteiger partial charge >= 0.3 is 6.03 Å². The molecule has 98 valence electrons. The second-order valence-electron chi connectivity index (χ2n) is 4.80. The van der Waals surface area contributed by atoms with Crippen molar-refractivity contribution in [1.82, 2.24) is 15.5 Å². The Morgan fingerprint density at radius 3 is 2.59 bits per heavy atom. The van der Waals surface area contributed by atoms with E-state index in [1.165, 1.54) is 12.8 Å². The Hall–Kier alpha value is -1.10. The molecular weight excluding hydrogens is 218 g/mol. The SMILES string of the molecule is CCCNC(=O)NC(=O)CN(C)[C@@H](C)C1CC1. The van der Waals surface area contributed by atoms with Crippen LogP contribution in [0.3, 0.4) is 0 Å². The smallest absolute Gasteiger partial charge is 0.321 e. The van der Waals surface area contributed by atoms with Gasteiger partial charge in [0.25, 0.3) is 0 Å². The first-order chi connectivity index (χ1) is 8.04. The molecule has 1 saturated carbocycles. The standard InChI is InChI=1S/C12H23N3O2/c1-4-7-13-12(17)14-11(16)8-15(3)9(2)10-5-6-10/h9-10H,4-8H2,1-3H3,(H2,13,14,16,17)/t9-/m0/s1. The number of amides is 3. The van der Waals surface area contributed by atoms with Gasteiger partial charge < -0.3 is 5.32 Å². The van der Waals surface area contributed by atoms with Gasteiger partial charge in [-0.3, -0.25) is 15.0 Å². The highest BCUT2D eigenvalue weighted by Gasteiger charge is 2.31. The normalized spacial score (nSPS) is 16.7. The average molecular weight is 241 g/mol. The van der Waals surface area contributed by atoms with Crippen LogP contribution < -0.4 is 10.6 Å². The lowest BCUT2D eigenvalue weighted by atomic mass is 10.2. The van der Waals surface area contributed by atoms with Crippen molar-refractivity contribution in [2.45, 2.75) is 39.2 Å². The zero-order valence-corrected chi connectivity index (χ0v) is 11.0. The number of rotatable bonds is 6. The average Bonchev–Trinajstić information content (AvgIpc) is 3.08. The van der Waals surface area contributed by atoms with Crippen LogP contribution in [0.5, 0.6) is 0 Å². The molecule has 0 bridgehead atoms. The molecule has 5 nitrogen and oxygen atoms in total. The van der Waals surface area contributed by atoms with Gasteiger partial charge in [0.15, 0.2) is 0 Å². The second kappa shape index (κ2) is 6.59. The Morgan fingerprint density at radius 1 is 1.41 bits per heavy atom. The van der Waals surface area contributed by atoms with Crippen LogP contribution in [-0.2, 0) is 4.79 Å². The summed E-state index contributed by atoms with van der Waals surface area (Å²) < 4.78 is 0. The predicted molar refractivity (Wildman–Crippen MR) is 66.6 cm³/mol. The fourth-order valence-corrected chi connectivity index (χ4v) is 1.76. The molecule has 0 unspecified atom stereocenters. The summed E-state index contributed by atoms with van der Waals surface area (Å²) in [4.78, 5) is 24.8. The summed E-state index contributed by atoms with van der Waals surface area (Å²) in [5, 5.41) is 4.94. The monoisotopic (exact) mass is 241 g/mol. The molecule has 1 fully saturated rings. The maximum atomic E-state index is 11.6. The van der Waals surface area contributed by atoms with Gasteiger partial charge in [-0.1, -0.05) is 6.92 Å². The summed E-state index contributed by atoms with van der Waals surface area (Å²) in [6, 6.07) is 0.0174. The third-order valence-electron chi connectivity index (χ3n) is 3.18. The summed E-state index contributed by atoms with van der Waals surface area (Å²) in [5.74, 6) is 0.482. The Labute approximate surface area is 103 Å². The van der Waals surface area contributed by atoms with E-state index in [9.17, 15) is 9.59 Å². The molecule has 1 aliphatic carbocycles. The summed E-state index contributed by atoms with van der Waals surface area (Å²) in [5.41, 5.74) is 0. The van der Waals surface area contributed by atoms with Crippen molar-refractivity contribution in [3.05, 3.63) is 0 Å². The van der Waals surface area contributed by atoms with E-state index in [2.05, 4.69) is 17.6 Å². The van der Waals surface area contributed by atoms with Gasteiger partial charge in [0.1, 0.15) is 0 Å². The molecule has 1 atom stereocenters. The number of urea groups is 1. The number of carbonyl (C=O) groups is 2. The number of carbonyl (C=O) groups excluding carboxylic acids is 2. The summed E-state index contributed by atoms with van der Waals surface area (Å²) in [6.45, 7) is 4.96. The van der Waals surface area contributed by atoms with E-state index in [-0.39, 0.29) is 12.5 Å². The lowest BCUT2D eigenvalue weighted by Gasteiger charge is -2.23. The zero-order chi connectivity index (χ0) is 12.8. The molecule has 0 aromatic heterocycles. The molecule has 0 aromatic rings. The van der Waals surface area contributed by atoms with Crippen LogP contribution in [0.2, 0.25) is 0 Å². The number of nitrogens with one attached hydrogen (secondary N) is 2. The molecule has 3 amide bonds. The number of likely N-dealkylation sites (N-methyl/N-ethyl adjacent to an activating group) is 1. The molecule has 1 rings (SSSR count). The second-order valence-corrected chi connectivity index (χ2v) is 4.80. The Morgan fingerprint density at radius 2 is 2.06 bits per heavy atom. The van der Waals surface area contributed by atoms with Gasteiger partial charge in [0.2, 0.25) is 5.91 Å². The lowest BCUT2D eigenvalue weighted by molar-refractivity contribution is -0.121. The van der Waals surface area contributed by atoms with Crippen LogP contribution in [0.1, 0.15) is 33.1 Å². The van der Waals surface area contributed by atoms with Crippen molar-refractivity contribution in [2.75, 3.05) is 20.1 Å². The van der Waals surface area contributed by atoms with Crippen LogP contribution in [0.15, 0.2) is 0 Å². The third-order valence-corrected chi connectivity index (χ3v) is 3.18. The first-order valence-corrected chi connectivity index (χ1v) is 6.32. The summed E-state index contributed by atoms with van der Waals surface area (Å²) >= 11 is 0. The number of imide groups is 1. The highest BCUT2D eigenvalue weighted by Crippen LogP contribution is 2.34. The van der Waals surface area contributed by atoms with Crippen molar-refractivity contribution < 1.29 is 9.59 Å². The molecule has 5 heteroatoms. The van der Waals surface area contributed by atoms with E-state index >= 15 is 0 Å². The van der Waals surface area contributed by atoms with Gasteiger partial charge in [-0.25, -0.2) is 4.79 Å².